The molecule has 1 aliphatic carbocycles. The van der Waals surface area contributed by atoms with Gasteiger partial charge in [0.05, 0.1) is 17.9 Å². The summed E-state index contributed by atoms with van der Waals surface area (Å²) in [6, 6.07) is 26.8. The van der Waals surface area contributed by atoms with E-state index in [1.54, 1.807) is 0 Å². The van der Waals surface area contributed by atoms with Gasteiger partial charge in [0, 0.05) is 31.9 Å². The monoisotopic (exact) mass is 457 g/mol. The average Bonchev–Trinajstić information content (AvgIpc) is 3.68. The maximum atomic E-state index is 13.1. The molecule has 0 spiro atoms. The predicted molar refractivity (Wildman–Crippen MR) is 130 cm³/mol. The molecule has 1 aliphatic heterocycles. The number of nitrogens with one attached hydrogen (secondary N) is 1. The second kappa shape index (κ2) is 9.77. The van der Waals surface area contributed by atoms with E-state index in [0.717, 1.165) is 13.1 Å². The van der Waals surface area contributed by atoms with E-state index in [-0.39, 0.29) is 35.5 Å². The normalized spacial score (nSPS) is 20.2. The molecule has 3 aromatic rings. The SMILES string of the molecule is O=C(Nc1ccc(F)cc1)[C@H]1C[C@@H]1C(=O)N1CCN(C(c2ccccc2)c2ccccc2)CC1. The number of rotatable bonds is 6. The van der Waals surface area contributed by atoms with E-state index in [1.165, 1.54) is 35.4 Å². The molecule has 3 aromatic carbocycles. The molecule has 0 bridgehead atoms. The summed E-state index contributed by atoms with van der Waals surface area (Å²) in [6.45, 7) is 2.86. The molecule has 5 nitrogen and oxygen atoms in total. The smallest absolute Gasteiger partial charge is 0.228 e. The van der Waals surface area contributed by atoms with Crippen LogP contribution in [-0.4, -0.2) is 47.8 Å². The van der Waals surface area contributed by atoms with E-state index in [4.69, 9.17) is 0 Å². The first-order chi connectivity index (χ1) is 16.6. The van der Waals surface area contributed by atoms with Gasteiger partial charge in [-0.15, -0.1) is 0 Å². The molecule has 34 heavy (non-hydrogen) atoms. The van der Waals surface area contributed by atoms with Crippen LogP contribution in [0.15, 0.2) is 84.9 Å². The molecule has 174 valence electrons. The van der Waals surface area contributed by atoms with E-state index < -0.39 is 0 Å². The van der Waals surface area contributed by atoms with Crippen LogP contribution in [0.2, 0.25) is 0 Å². The van der Waals surface area contributed by atoms with E-state index >= 15 is 0 Å². The molecule has 1 N–H and O–H groups in total. The van der Waals surface area contributed by atoms with Crippen molar-refractivity contribution in [2.75, 3.05) is 31.5 Å². The zero-order valence-corrected chi connectivity index (χ0v) is 18.9. The molecular weight excluding hydrogens is 429 g/mol. The van der Waals surface area contributed by atoms with Gasteiger partial charge in [-0.1, -0.05) is 60.7 Å². The number of amides is 2. The minimum absolute atomic E-state index is 0.0647. The number of benzene rings is 3. The summed E-state index contributed by atoms with van der Waals surface area (Å²) in [5, 5.41) is 2.79. The summed E-state index contributed by atoms with van der Waals surface area (Å²) in [4.78, 5) is 29.9. The van der Waals surface area contributed by atoms with Gasteiger partial charge in [0.2, 0.25) is 11.8 Å². The fourth-order valence-electron chi connectivity index (χ4n) is 4.85. The van der Waals surface area contributed by atoms with Crippen LogP contribution in [0.4, 0.5) is 10.1 Å². The largest absolute Gasteiger partial charge is 0.340 e. The summed E-state index contributed by atoms with van der Waals surface area (Å²) in [6.07, 6.45) is 0.572. The molecular formula is C28H28FN3O2. The Morgan fingerprint density at radius 2 is 1.32 bits per heavy atom. The molecule has 6 heteroatoms. The number of carbonyl (C=O) groups excluding carboxylic acids is 2. The highest BCUT2D eigenvalue weighted by molar-refractivity contribution is 5.99. The molecule has 2 aliphatic rings. The Balaban J connectivity index is 1.19. The summed E-state index contributed by atoms with van der Waals surface area (Å²) in [7, 11) is 0. The minimum Gasteiger partial charge on any atom is -0.340 e. The van der Waals surface area contributed by atoms with Crippen molar-refractivity contribution in [1.29, 1.82) is 0 Å². The van der Waals surface area contributed by atoms with Crippen molar-refractivity contribution in [2.24, 2.45) is 11.8 Å². The summed E-state index contributed by atoms with van der Waals surface area (Å²) in [5.41, 5.74) is 3.03. The fraction of sp³-hybridized carbons (Fsp3) is 0.286. The van der Waals surface area contributed by atoms with Crippen molar-refractivity contribution >= 4 is 17.5 Å². The third-order valence-corrected chi connectivity index (χ3v) is 6.78. The van der Waals surface area contributed by atoms with Crippen LogP contribution in [0.3, 0.4) is 0 Å². The van der Waals surface area contributed by atoms with Crippen LogP contribution >= 0.6 is 0 Å². The molecule has 0 radical (unpaired) electrons. The zero-order chi connectivity index (χ0) is 23.5. The van der Waals surface area contributed by atoms with Crippen LogP contribution in [0.25, 0.3) is 0 Å². The lowest BCUT2D eigenvalue weighted by atomic mass is 9.96. The average molecular weight is 458 g/mol. The maximum absolute atomic E-state index is 13.1. The second-order valence-corrected chi connectivity index (χ2v) is 9.03. The van der Waals surface area contributed by atoms with Crippen molar-refractivity contribution in [3.63, 3.8) is 0 Å². The summed E-state index contributed by atoms with van der Waals surface area (Å²) < 4.78 is 13.1. The third kappa shape index (κ3) is 4.87. The van der Waals surface area contributed by atoms with Crippen molar-refractivity contribution < 1.29 is 14.0 Å². The number of hydrogen-bond donors (Lipinski definition) is 1. The number of halogens is 1. The maximum Gasteiger partial charge on any atom is 0.228 e. The summed E-state index contributed by atoms with van der Waals surface area (Å²) in [5.74, 6) is -1.02. The highest BCUT2D eigenvalue weighted by Gasteiger charge is 2.49. The van der Waals surface area contributed by atoms with Gasteiger partial charge in [0.25, 0.3) is 0 Å². The molecule has 0 unspecified atom stereocenters. The van der Waals surface area contributed by atoms with E-state index in [1.807, 2.05) is 17.0 Å². The van der Waals surface area contributed by atoms with Gasteiger partial charge in [0.1, 0.15) is 5.82 Å². The molecule has 2 atom stereocenters. The van der Waals surface area contributed by atoms with Crippen molar-refractivity contribution in [3.05, 3.63) is 102 Å². The molecule has 0 aromatic heterocycles. The Labute approximate surface area is 199 Å². The number of hydrogen-bond acceptors (Lipinski definition) is 3. The highest BCUT2D eigenvalue weighted by atomic mass is 19.1. The predicted octanol–water partition coefficient (Wildman–Crippen LogP) is 4.33. The molecule has 1 saturated heterocycles. The lowest BCUT2D eigenvalue weighted by Crippen LogP contribution is -2.50. The van der Waals surface area contributed by atoms with Gasteiger partial charge >= 0.3 is 0 Å². The first-order valence-corrected chi connectivity index (χ1v) is 11.8. The standard InChI is InChI=1S/C28H28FN3O2/c29-22-11-13-23(14-12-22)30-27(33)24-19-25(24)28(34)32-17-15-31(16-18-32)26(20-7-3-1-4-8-20)21-9-5-2-6-10-21/h1-14,24-26H,15-19H2,(H,30,33)/t24-,25-/m0/s1. The fourth-order valence-corrected chi connectivity index (χ4v) is 4.85. The Morgan fingerprint density at radius 1 is 0.765 bits per heavy atom. The van der Waals surface area contributed by atoms with Gasteiger partial charge in [-0.05, 0) is 41.8 Å². The van der Waals surface area contributed by atoms with Gasteiger partial charge in [-0.25, -0.2) is 4.39 Å². The Morgan fingerprint density at radius 3 is 1.88 bits per heavy atom. The quantitative estimate of drug-likeness (QED) is 0.599. The van der Waals surface area contributed by atoms with Gasteiger partial charge in [-0.3, -0.25) is 14.5 Å². The third-order valence-electron chi connectivity index (χ3n) is 6.78. The Kier molecular flexibility index (Phi) is 6.41. The first kappa shape index (κ1) is 22.3. The molecule has 5 rings (SSSR count). The number of carbonyl (C=O) groups is 2. The van der Waals surface area contributed by atoms with Crippen molar-refractivity contribution in [2.45, 2.75) is 12.5 Å². The van der Waals surface area contributed by atoms with E-state index in [0.29, 0.717) is 25.2 Å². The molecule has 1 heterocycles. The highest BCUT2D eigenvalue weighted by Crippen LogP contribution is 2.41. The van der Waals surface area contributed by atoms with Crippen LogP contribution < -0.4 is 5.32 Å². The van der Waals surface area contributed by atoms with Crippen molar-refractivity contribution in [3.8, 4) is 0 Å². The number of nitrogens with zero attached hydrogens (tertiary/aromatic N) is 2. The second-order valence-electron chi connectivity index (χ2n) is 9.03. The lowest BCUT2D eigenvalue weighted by molar-refractivity contribution is -0.136. The first-order valence-electron chi connectivity index (χ1n) is 11.8. The zero-order valence-electron chi connectivity index (χ0n) is 18.9. The van der Waals surface area contributed by atoms with Crippen LogP contribution in [0.5, 0.6) is 0 Å². The summed E-state index contributed by atoms with van der Waals surface area (Å²) >= 11 is 0. The van der Waals surface area contributed by atoms with Gasteiger partial charge < -0.3 is 10.2 Å². The van der Waals surface area contributed by atoms with Gasteiger partial charge in [0.15, 0.2) is 0 Å². The Bertz CT molecular complexity index is 1090. The number of anilines is 1. The topological polar surface area (TPSA) is 52.7 Å². The van der Waals surface area contributed by atoms with Crippen molar-refractivity contribution in [1.82, 2.24) is 9.80 Å². The number of piperazine rings is 1. The van der Waals surface area contributed by atoms with E-state index in [9.17, 15) is 14.0 Å². The van der Waals surface area contributed by atoms with Crippen LogP contribution in [0.1, 0.15) is 23.6 Å². The molecule has 1 saturated carbocycles. The van der Waals surface area contributed by atoms with Crippen LogP contribution in [-0.2, 0) is 9.59 Å². The lowest BCUT2D eigenvalue weighted by Gasteiger charge is -2.40. The van der Waals surface area contributed by atoms with Crippen LogP contribution in [0, 0.1) is 17.7 Å². The minimum atomic E-state index is -0.349. The van der Waals surface area contributed by atoms with Gasteiger partial charge in [-0.2, -0.15) is 0 Å². The molecule has 2 amide bonds. The Hall–Kier alpha value is -3.51. The van der Waals surface area contributed by atoms with E-state index in [2.05, 4.69) is 58.7 Å². The molecule has 2 fully saturated rings.